The average molecular weight is 877 g/mol. The van der Waals surface area contributed by atoms with Crippen molar-refractivity contribution in [3.63, 3.8) is 0 Å². The summed E-state index contributed by atoms with van der Waals surface area (Å²) in [7, 11) is 1.49. The summed E-state index contributed by atoms with van der Waals surface area (Å²) in [6.07, 6.45) is 4.07. The molecule has 0 bridgehead atoms. The first-order valence-electron chi connectivity index (χ1n) is 19.8. The maximum atomic E-state index is 15.5. The summed E-state index contributed by atoms with van der Waals surface area (Å²) >= 11 is 2.07. The van der Waals surface area contributed by atoms with Gasteiger partial charge in [0, 0.05) is 31.6 Å². The zero-order chi connectivity index (χ0) is 39.6. The summed E-state index contributed by atoms with van der Waals surface area (Å²) in [6.45, 7) is 4.36. The molecule has 0 spiro atoms. The molecular weight excluding hydrogens is 831 g/mol. The summed E-state index contributed by atoms with van der Waals surface area (Å²) < 4.78 is 6.19. The minimum Gasteiger partial charge on any atom is -0.504 e. The Morgan fingerprint density at radius 1 is 0.860 bits per heavy atom. The molecule has 0 unspecified atom stereocenters. The number of aromatic hydroxyl groups is 1. The van der Waals surface area contributed by atoms with Crippen LogP contribution in [0.3, 0.4) is 0 Å². The molecule has 1 saturated carbocycles. The van der Waals surface area contributed by atoms with Crippen molar-refractivity contribution in [3.8, 4) is 11.5 Å². The topological polar surface area (TPSA) is 119 Å². The van der Waals surface area contributed by atoms with Gasteiger partial charge in [0.15, 0.2) is 11.5 Å². The molecule has 0 radical (unpaired) electrons. The molecule has 4 aromatic carbocycles. The number of carbonyl (C=O) groups excluding carboxylic acids is 4. The van der Waals surface area contributed by atoms with Gasteiger partial charge in [-0.25, -0.2) is 0 Å². The number of fused-ring (bicyclic) bond motifs is 4. The van der Waals surface area contributed by atoms with E-state index in [-0.39, 0.29) is 41.7 Å². The smallest absolute Gasteiger partial charge is 0.260 e. The number of rotatable bonds is 8. The van der Waals surface area contributed by atoms with Crippen LogP contribution in [0.1, 0.15) is 53.9 Å². The van der Waals surface area contributed by atoms with Crippen LogP contribution in [0.4, 0.5) is 5.69 Å². The number of benzene rings is 4. The molecule has 6 atom stereocenters. The Labute approximate surface area is 346 Å². The average Bonchev–Trinajstić information content (AvgIpc) is 3.61. The first kappa shape index (κ1) is 37.6. The fourth-order valence-electron chi connectivity index (χ4n) is 10.6. The number of anilines is 1. The van der Waals surface area contributed by atoms with E-state index in [1.54, 1.807) is 11.0 Å². The van der Waals surface area contributed by atoms with Gasteiger partial charge in [-0.1, -0.05) is 90.0 Å². The first-order chi connectivity index (χ1) is 27.6. The number of hydrogen-bond acceptors (Lipinski definition) is 8. The second-order valence-electron chi connectivity index (χ2n) is 16.2. The lowest BCUT2D eigenvalue weighted by molar-refractivity contribution is -0.144. The number of amides is 4. The van der Waals surface area contributed by atoms with Crippen LogP contribution < -0.4 is 10.2 Å². The summed E-state index contributed by atoms with van der Waals surface area (Å²) in [5.41, 5.74) is 6.88. The Hall–Kier alpha value is -5.01. The lowest BCUT2D eigenvalue weighted by Gasteiger charge is -2.50. The highest BCUT2D eigenvalue weighted by Crippen LogP contribution is 2.64. The minimum absolute atomic E-state index is 0.0178. The molecule has 292 valence electrons. The molecule has 4 amide bonds. The van der Waals surface area contributed by atoms with Gasteiger partial charge in [0.1, 0.15) is 0 Å². The third-order valence-electron chi connectivity index (χ3n) is 13.2. The molecule has 11 heteroatoms. The van der Waals surface area contributed by atoms with Crippen LogP contribution in [0.15, 0.2) is 109 Å². The molecule has 2 N–H and O–H groups in total. The van der Waals surface area contributed by atoms with Gasteiger partial charge in [0.05, 0.1) is 39.5 Å². The van der Waals surface area contributed by atoms with Gasteiger partial charge in [0.2, 0.25) is 11.8 Å². The van der Waals surface area contributed by atoms with E-state index < -0.39 is 40.9 Å². The number of phenols is 1. The van der Waals surface area contributed by atoms with Crippen LogP contribution >= 0.6 is 22.6 Å². The molecule has 3 heterocycles. The number of methoxy groups -OCH3 is 1. The van der Waals surface area contributed by atoms with Crippen molar-refractivity contribution < 1.29 is 29.0 Å². The predicted molar refractivity (Wildman–Crippen MR) is 223 cm³/mol. The fraction of sp³-hybridized carbons (Fsp3) is 0.348. The number of likely N-dealkylation sites (tertiary alicyclic amines) is 2. The summed E-state index contributed by atoms with van der Waals surface area (Å²) in [4.78, 5) is 63.7. The van der Waals surface area contributed by atoms with Crippen molar-refractivity contribution in [1.29, 1.82) is 0 Å². The van der Waals surface area contributed by atoms with Crippen LogP contribution in [-0.4, -0.2) is 69.8 Å². The first-order valence-corrected chi connectivity index (χ1v) is 20.9. The van der Waals surface area contributed by atoms with Crippen LogP contribution in [0.5, 0.6) is 11.5 Å². The van der Waals surface area contributed by atoms with E-state index in [1.807, 2.05) is 85.8 Å². The normalized spacial score (nSPS) is 27.6. The van der Waals surface area contributed by atoms with E-state index in [2.05, 4.69) is 51.1 Å². The number of nitrogens with one attached hydrogen (secondary N) is 1. The largest absolute Gasteiger partial charge is 0.504 e. The van der Waals surface area contributed by atoms with Gasteiger partial charge < -0.3 is 9.84 Å². The second kappa shape index (κ2) is 14.7. The van der Waals surface area contributed by atoms with E-state index in [0.717, 1.165) is 30.8 Å². The highest BCUT2D eigenvalue weighted by Gasteiger charge is 2.70. The van der Waals surface area contributed by atoms with Crippen molar-refractivity contribution >= 4 is 51.9 Å². The Bertz CT molecular complexity index is 2280. The number of hydrogen-bond donors (Lipinski definition) is 2. The van der Waals surface area contributed by atoms with E-state index in [0.29, 0.717) is 39.6 Å². The summed E-state index contributed by atoms with van der Waals surface area (Å²) in [5.74, 6) is -4.09. The Balaban J connectivity index is 1.12. The number of imide groups is 2. The van der Waals surface area contributed by atoms with Gasteiger partial charge in [-0.15, -0.1) is 0 Å². The quantitative estimate of drug-likeness (QED) is 0.111. The van der Waals surface area contributed by atoms with E-state index in [4.69, 9.17) is 4.74 Å². The summed E-state index contributed by atoms with van der Waals surface area (Å²) in [6, 6.07) is 30.7. The number of aryl methyl sites for hydroxylation is 1. The number of piperidine rings is 1. The summed E-state index contributed by atoms with van der Waals surface area (Å²) in [5, 5.41) is 12.2. The number of phenolic OH excluding ortho intramolecular Hbond substituents is 1. The molecule has 2 aliphatic carbocycles. The van der Waals surface area contributed by atoms with Crippen molar-refractivity contribution in [2.45, 2.75) is 56.5 Å². The fourth-order valence-corrected chi connectivity index (χ4v) is 11.2. The van der Waals surface area contributed by atoms with E-state index in [9.17, 15) is 19.5 Å². The lowest BCUT2D eigenvalue weighted by Crippen LogP contribution is -2.53. The molecule has 4 fully saturated rings. The highest BCUT2D eigenvalue weighted by atomic mass is 127. The van der Waals surface area contributed by atoms with Crippen LogP contribution in [0, 0.1) is 34.2 Å². The van der Waals surface area contributed by atoms with E-state index in [1.165, 1.54) is 17.7 Å². The predicted octanol–water partition coefficient (Wildman–Crippen LogP) is 6.96. The molecule has 3 saturated heterocycles. The number of carbonyl (C=O) groups is 4. The van der Waals surface area contributed by atoms with Crippen molar-refractivity contribution in [2.24, 2.45) is 23.7 Å². The second-order valence-corrected chi connectivity index (χ2v) is 17.3. The van der Waals surface area contributed by atoms with Crippen molar-refractivity contribution in [2.75, 3.05) is 25.6 Å². The maximum Gasteiger partial charge on any atom is 0.260 e. The zero-order valence-corrected chi connectivity index (χ0v) is 34.1. The van der Waals surface area contributed by atoms with Crippen LogP contribution in [-0.2, 0) is 31.1 Å². The molecule has 4 aromatic rings. The number of ether oxygens (including phenoxy) is 1. The Morgan fingerprint density at radius 2 is 1.54 bits per heavy atom. The van der Waals surface area contributed by atoms with Gasteiger partial charge in [-0.3, -0.25) is 34.4 Å². The standard InChI is InChI=1S/C46H45IN4O6/c1-27-13-15-31(16-14-27)48-51-43(54)36-25-35-33(40(29-23-37(47)41(52)38(24-29)57-2)46(36,45(51)56)30-11-7-4-8-12-30)17-18-34-39(35)44(55)50(42(34)53)32-19-21-49(22-20-32)26-28-9-5-3-6-10-28/h3-17,23-24,32,34-36,39-40,48,52H,18-22,25-26H2,1-2H3/t34-,35+,36-,39-,40-,46+/m0/s1. The molecule has 3 aliphatic heterocycles. The third kappa shape index (κ3) is 6.07. The monoisotopic (exact) mass is 876 g/mol. The number of nitrogens with zero attached hydrogens (tertiary/aromatic N) is 3. The van der Waals surface area contributed by atoms with Crippen molar-refractivity contribution in [3.05, 3.63) is 135 Å². The maximum absolute atomic E-state index is 15.5. The Morgan fingerprint density at radius 3 is 2.23 bits per heavy atom. The molecule has 9 rings (SSSR count). The lowest BCUT2D eigenvalue weighted by atomic mass is 9.49. The van der Waals surface area contributed by atoms with Crippen LogP contribution in [0.25, 0.3) is 0 Å². The zero-order valence-electron chi connectivity index (χ0n) is 31.9. The van der Waals surface area contributed by atoms with Crippen molar-refractivity contribution in [1.82, 2.24) is 14.8 Å². The number of hydrazine groups is 1. The number of halogens is 1. The molecule has 0 aromatic heterocycles. The molecule has 5 aliphatic rings. The molecule has 10 nitrogen and oxygen atoms in total. The number of allylic oxidation sites excluding steroid dienone is 2. The van der Waals surface area contributed by atoms with E-state index >= 15 is 4.79 Å². The van der Waals surface area contributed by atoms with Gasteiger partial charge in [-0.05, 0) is 102 Å². The van der Waals surface area contributed by atoms with Gasteiger partial charge in [-0.2, -0.15) is 5.01 Å². The van der Waals surface area contributed by atoms with Gasteiger partial charge >= 0.3 is 0 Å². The highest BCUT2D eigenvalue weighted by molar-refractivity contribution is 14.1. The molecular formula is C46H45IN4O6. The van der Waals surface area contributed by atoms with Gasteiger partial charge in [0.25, 0.3) is 11.8 Å². The third-order valence-corrected chi connectivity index (χ3v) is 14.0. The van der Waals surface area contributed by atoms with Crippen LogP contribution in [0.2, 0.25) is 0 Å². The molecule has 57 heavy (non-hydrogen) atoms. The Kier molecular flexibility index (Phi) is 9.71. The SMILES string of the molecule is COc1cc([C@H]2C3=CC[C@@H]4C(=O)N(C5CCN(Cc6ccccc6)CC5)C(=O)[C@@H]4[C@@H]3C[C@H]3C(=O)N(Nc4ccc(C)cc4)C(=O)[C@@]23c2ccccc2)cc(I)c1O. The minimum atomic E-state index is -1.41.